The monoisotopic (exact) mass is 166 g/mol. The molecule has 0 amide bonds. The summed E-state index contributed by atoms with van der Waals surface area (Å²) in [4.78, 5) is 0. The van der Waals surface area contributed by atoms with Crippen LogP contribution in [0.4, 0.5) is 0 Å². The Labute approximate surface area is 63.2 Å². The van der Waals surface area contributed by atoms with E-state index < -0.39 is 11.1 Å². The van der Waals surface area contributed by atoms with E-state index in [0.717, 1.165) is 6.54 Å². The molecule has 0 saturated carbocycles. The third-order valence-corrected chi connectivity index (χ3v) is 1.39. The second kappa shape index (κ2) is 7.14. The fraction of sp³-hybridized carbons (Fsp3) is 1.00. The Morgan fingerprint density at radius 2 is 2.30 bits per heavy atom. The van der Waals surface area contributed by atoms with Crippen LogP contribution in [0.5, 0.6) is 0 Å². The van der Waals surface area contributed by atoms with Crippen LogP contribution in [0.1, 0.15) is 0 Å². The molecular formula is C5H12NO3S-. The molecule has 4 nitrogen and oxygen atoms in total. The molecular weight excluding hydrogens is 154 g/mol. The average Bonchev–Trinajstić information content (AvgIpc) is 1.87. The van der Waals surface area contributed by atoms with Gasteiger partial charge in [-0.1, -0.05) is 11.1 Å². The molecule has 10 heavy (non-hydrogen) atoms. The summed E-state index contributed by atoms with van der Waals surface area (Å²) in [7, 11) is 1.81. The van der Waals surface area contributed by atoms with Gasteiger partial charge in [0.05, 0.1) is 13.2 Å². The predicted molar refractivity (Wildman–Crippen MR) is 38.5 cm³/mol. The number of nitrogens with one attached hydrogen (secondary N) is 1. The standard InChI is InChI=1S/C5H13NO3S/c1-6-2-3-9-4-5-10(7)8/h6H,2-5H2,1H3,(H,7,8)/p-1. The largest absolute Gasteiger partial charge is 0.772 e. The van der Waals surface area contributed by atoms with Gasteiger partial charge in [-0.25, -0.2) is 0 Å². The highest BCUT2D eigenvalue weighted by Crippen LogP contribution is 1.76. The lowest BCUT2D eigenvalue weighted by Crippen LogP contribution is -2.16. The molecule has 0 radical (unpaired) electrons. The van der Waals surface area contributed by atoms with Crippen LogP contribution in [-0.4, -0.2) is 41.3 Å². The van der Waals surface area contributed by atoms with Crippen LogP contribution in [0.15, 0.2) is 0 Å². The first kappa shape index (κ1) is 10.0. The van der Waals surface area contributed by atoms with E-state index in [9.17, 15) is 8.76 Å². The Hall–Kier alpha value is 0.0300. The molecule has 0 heterocycles. The lowest BCUT2D eigenvalue weighted by molar-refractivity contribution is 0.152. The summed E-state index contributed by atoms with van der Waals surface area (Å²) in [6.45, 7) is 1.61. The number of ether oxygens (including phenoxy) is 1. The zero-order valence-corrected chi connectivity index (χ0v) is 6.78. The van der Waals surface area contributed by atoms with Crippen molar-refractivity contribution < 1.29 is 13.5 Å². The molecule has 0 bridgehead atoms. The molecule has 0 aliphatic carbocycles. The van der Waals surface area contributed by atoms with Gasteiger partial charge in [0.15, 0.2) is 0 Å². The highest BCUT2D eigenvalue weighted by atomic mass is 32.2. The van der Waals surface area contributed by atoms with Crippen molar-refractivity contribution in [3.8, 4) is 0 Å². The minimum absolute atomic E-state index is 0.0870. The molecule has 0 spiro atoms. The minimum atomic E-state index is -1.97. The van der Waals surface area contributed by atoms with E-state index in [1.807, 2.05) is 7.05 Å². The molecule has 1 N–H and O–H groups in total. The van der Waals surface area contributed by atoms with Gasteiger partial charge in [0, 0.05) is 12.3 Å². The highest BCUT2D eigenvalue weighted by Gasteiger charge is 1.86. The first-order valence-corrected chi connectivity index (χ1v) is 4.30. The molecule has 0 aliphatic rings. The summed E-state index contributed by atoms with van der Waals surface area (Å²) in [5.74, 6) is 0.0870. The molecule has 1 atom stereocenters. The highest BCUT2D eigenvalue weighted by molar-refractivity contribution is 7.79. The van der Waals surface area contributed by atoms with E-state index in [1.54, 1.807) is 0 Å². The van der Waals surface area contributed by atoms with E-state index >= 15 is 0 Å². The molecule has 0 fully saturated rings. The molecule has 5 heteroatoms. The Morgan fingerprint density at radius 1 is 1.60 bits per heavy atom. The van der Waals surface area contributed by atoms with Crippen molar-refractivity contribution in [2.75, 3.05) is 32.6 Å². The van der Waals surface area contributed by atoms with Crippen molar-refractivity contribution in [2.45, 2.75) is 0 Å². The van der Waals surface area contributed by atoms with Crippen LogP contribution in [0, 0.1) is 0 Å². The van der Waals surface area contributed by atoms with Crippen molar-refractivity contribution >= 4 is 11.1 Å². The molecule has 0 aromatic carbocycles. The normalized spacial score (nSPS) is 13.4. The molecule has 62 valence electrons. The van der Waals surface area contributed by atoms with E-state index in [-0.39, 0.29) is 12.4 Å². The van der Waals surface area contributed by atoms with E-state index in [4.69, 9.17) is 4.74 Å². The molecule has 0 aliphatic heterocycles. The zero-order chi connectivity index (χ0) is 7.82. The number of hydrogen-bond acceptors (Lipinski definition) is 4. The maximum Gasteiger partial charge on any atom is 0.0591 e. The topological polar surface area (TPSA) is 61.4 Å². The summed E-state index contributed by atoms with van der Waals surface area (Å²) in [5, 5.41) is 2.88. The van der Waals surface area contributed by atoms with Gasteiger partial charge in [-0.2, -0.15) is 0 Å². The Kier molecular flexibility index (Phi) is 7.16. The van der Waals surface area contributed by atoms with Crippen LogP contribution < -0.4 is 5.32 Å². The van der Waals surface area contributed by atoms with Crippen LogP contribution in [0.25, 0.3) is 0 Å². The van der Waals surface area contributed by atoms with E-state index in [0.29, 0.717) is 6.61 Å². The van der Waals surface area contributed by atoms with Gasteiger partial charge in [0.1, 0.15) is 0 Å². The van der Waals surface area contributed by atoms with Gasteiger partial charge in [-0.05, 0) is 7.05 Å². The summed E-state index contributed by atoms with van der Waals surface area (Å²) < 4.78 is 24.8. The molecule has 0 aromatic heterocycles. The summed E-state index contributed by atoms with van der Waals surface area (Å²) in [6, 6.07) is 0. The Balaban J connectivity index is 2.84. The lowest BCUT2D eigenvalue weighted by Gasteiger charge is -2.05. The zero-order valence-electron chi connectivity index (χ0n) is 5.96. The summed E-state index contributed by atoms with van der Waals surface area (Å²) >= 11 is -1.97. The van der Waals surface area contributed by atoms with Crippen molar-refractivity contribution in [1.29, 1.82) is 0 Å². The van der Waals surface area contributed by atoms with Crippen molar-refractivity contribution in [3.05, 3.63) is 0 Å². The van der Waals surface area contributed by atoms with Gasteiger partial charge in [-0.3, -0.25) is 4.21 Å². The average molecular weight is 166 g/mol. The quantitative estimate of drug-likeness (QED) is 0.410. The van der Waals surface area contributed by atoms with Crippen molar-refractivity contribution in [3.63, 3.8) is 0 Å². The first-order valence-electron chi connectivity index (χ1n) is 3.05. The smallest absolute Gasteiger partial charge is 0.0591 e. The number of hydrogen-bond donors (Lipinski definition) is 1. The van der Waals surface area contributed by atoms with Gasteiger partial charge < -0.3 is 14.6 Å². The molecule has 0 rings (SSSR count). The maximum absolute atomic E-state index is 9.94. The fourth-order valence-electron chi connectivity index (χ4n) is 0.403. The van der Waals surface area contributed by atoms with Gasteiger partial charge in [0.2, 0.25) is 0 Å². The predicted octanol–water partition coefficient (Wildman–Crippen LogP) is -0.898. The lowest BCUT2D eigenvalue weighted by atomic mass is 10.7. The second-order valence-electron chi connectivity index (χ2n) is 1.72. The molecule has 0 aromatic rings. The van der Waals surface area contributed by atoms with Crippen LogP contribution in [0.3, 0.4) is 0 Å². The third-order valence-electron chi connectivity index (χ3n) is 0.891. The first-order chi connectivity index (χ1) is 4.77. The Bertz CT molecular complexity index is 98.9. The molecule has 1 unspecified atom stereocenters. The number of likely N-dealkylation sites (N-methyl/N-ethyl adjacent to an activating group) is 1. The van der Waals surface area contributed by atoms with Crippen LogP contribution in [-0.2, 0) is 15.8 Å². The Morgan fingerprint density at radius 3 is 2.80 bits per heavy atom. The fourth-order valence-corrected chi connectivity index (χ4v) is 0.657. The third kappa shape index (κ3) is 8.03. The van der Waals surface area contributed by atoms with Crippen molar-refractivity contribution in [1.82, 2.24) is 5.32 Å². The minimum Gasteiger partial charge on any atom is -0.772 e. The summed E-state index contributed by atoms with van der Waals surface area (Å²) in [6.07, 6.45) is 0. The van der Waals surface area contributed by atoms with E-state index in [2.05, 4.69) is 5.32 Å². The SMILES string of the molecule is CNCCOCCS(=O)[O-]. The van der Waals surface area contributed by atoms with E-state index in [1.165, 1.54) is 0 Å². The van der Waals surface area contributed by atoms with Gasteiger partial charge in [0.25, 0.3) is 0 Å². The number of rotatable bonds is 6. The van der Waals surface area contributed by atoms with Crippen LogP contribution >= 0.6 is 0 Å². The van der Waals surface area contributed by atoms with Crippen molar-refractivity contribution in [2.24, 2.45) is 0 Å². The van der Waals surface area contributed by atoms with Gasteiger partial charge >= 0.3 is 0 Å². The summed E-state index contributed by atoms with van der Waals surface area (Å²) in [5.41, 5.74) is 0. The second-order valence-corrected chi connectivity index (χ2v) is 2.74. The molecule has 0 saturated heterocycles. The maximum atomic E-state index is 9.94. The van der Waals surface area contributed by atoms with Gasteiger partial charge in [-0.15, -0.1) is 0 Å². The van der Waals surface area contributed by atoms with Crippen LogP contribution in [0.2, 0.25) is 0 Å².